The zero-order valence-corrected chi connectivity index (χ0v) is 10.4. The molecular formula is C13H25NO2. The first-order valence-electron chi connectivity index (χ1n) is 6.65. The predicted octanol–water partition coefficient (Wildman–Crippen LogP) is 2.38. The number of hydrogen-bond acceptors (Lipinski definition) is 2. The molecule has 94 valence electrons. The summed E-state index contributed by atoms with van der Waals surface area (Å²) in [6, 6.07) is 0. The number of amides is 1. The topological polar surface area (TPSA) is 49.3 Å². The number of carbonyl (C=O) groups is 1. The molecule has 0 aromatic carbocycles. The first-order valence-corrected chi connectivity index (χ1v) is 6.65. The lowest BCUT2D eigenvalue weighted by Crippen LogP contribution is -2.42. The fraction of sp³-hybridized carbons (Fsp3) is 0.923. The van der Waals surface area contributed by atoms with E-state index in [4.69, 9.17) is 0 Å². The van der Waals surface area contributed by atoms with Gasteiger partial charge in [0.05, 0.1) is 5.60 Å². The van der Waals surface area contributed by atoms with E-state index in [1.807, 2.05) is 0 Å². The molecule has 0 saturated heterocycles. The van der Waals surface area contributed by atoms with Crippen molar-refractivity contribution in [2.24, 2.45) is 0 Å². The van der Waals surface area contributed by atoms with E-state index in [2.05, 4.69) is 12.2 Å². The van der Waals surface area contributed by atoms with Gasteiger partial charge in [-0.05, 0) is 19.3 Å². The summed E-state index contributed by atoms with van der Waals surface area (Å²) in [5.41, 5.74) is -0.641. The van der Waals surface area contributed by atoms with Crippen LogP contribution in [-0.4, -0.2) is 23.2 Å². The molecule has 3 heteroatoms. The molecular weight excluding hydrogens is 202 g/mol. The van der Waals surface area contributed by atoms with Crippen molar-refractivity contribution >= 4 is 5.91 Å². The summed E-state index contributed by atoms with van der Waals surface area (Å²) in [5.74, 6) is 0.0829. The molecule has 0 unspecified atom stereocenters. The fourth-order valence-electron chi connectivity index (χ4n) is 2.25. The van der Waals surface area contributed by atoms with Crippen LogP contribution in [0, 0.1) is 0 Å². The van der Waals surface area contributed by atoms with Crippen molar-refractivity contribution < 1.29 is 9.90 Å². The van der Waals surface area contributed by atoms with Crippen molar-refractivity contribution in [3.8, 4) is 0 Å². The third-order valence-electron chi connectivity index (χ3n) is 3.41. The Bertz CT molecular complexity index is 208. The van der Waals surface area contributed by atoms with E-state index in [1.165, 1.54) is 12.8 Å². The van der Waals surface area contributed by atoms with Crippen molar-refractivity contribution in [2.45, 2.75) is 70.3 Å². The summed E-state index contributed by atoms with van der Waals surface area (Å²) in [4.78, 5) is 11.5. The summed E-state index contributed by atoms with van der Waals surface area (Å²) < 4.78 is 0. The molecule has 0 heterocycles. The van der Waals surface area contributed by atoms with Gasteiger partial charge in [-0.25, -0.2) is 0 Å². The van der Waals surface area contributed by atoms with Crippen molar-refractivity contribution in [1.29, 1.82) is 0 Å². The van der Waals surface area contributed by atoms with Gasteiger partial charge in [0.1, 0.15) is 0 Å². The second-order valence-electron chi connectivity index (χ2n) is 5.02. The molecule has 0 radical (unpaired) electrons. The van der Waals surface area contributed by atoms with E-state index in [9.17, 15) is 9.90 Å². The number of aliphatic hydroxyl groups is 1. The van der Waals surface area contributed by atoms with Crippen LogP contribution in [-0.2, 0) is 4.79 Å². The number of rotatable bonds is 5. The van der Waals surface area contributed by atoms with Gasteiger partial charge in [0.2, 0.25) is 5.91 Å². The van der Waals surface area contributed by atoms with Gasteiger partial charge in [-0.2, -0.15) is 0 Å². The molecule has 0 bridgehead atoms. The monoisotopic (exact) mass is 227 g/mol. The molecule has 0 atom stereocenters. The summed E-state index contributed by atoms with van der Waals surface area (Å²) in [6.45, 7) is 2.52. The minimum atomic E-state index is -0.641. The molecule has 3 nitrogen and oxygen atoms in total. The minimum absolute atomic E-state index is 0.0829. The molecule has 0 spiro atoms. The number of nitrogens with one attached hydrogen (secondary N) is 1. The second kappa shape index (κ2) is 6.89. The third-order valence-corrected chi connectivity index (χ3v) is 3.41. The lowest BCUT2D eigenvalue weighted by Gasteiger charge is -2.26. The van der Waals surface area contributed by atoms with Gasteiger partial charge >= 0.3 is 0 Å². The van der Waals surface area contributed by atoms with E-state index >= 15 is 0 Å². The number of hydrogen-bond donors (Lipinski definition) is 2. The van der Waals surface area contributed by atoms with Gasteiger partial charge in [0, 0.05) is 13.0 Å². The van der Waals surface area contributed by atoms with Gasteiger partial charge < -0.3 is 10.4 Å². The minimum Gasteiger partial charge on any atom is -0.388 e. The Hall–Kier alpha value is -0.570. The van der Waals surface area contributed by atoms with Crippen LogP contribution in [0.15, 0.2) is 0 Å². The van der Waals surface area contributed by atoms with Crippen LogP contribution in [0.5, 0.6) is 0 Å². The van der Waals surface area contributed by atoms with Crippen molar-refractivity contribution in [1.82, 2.24) is 5.32 Å². The van der Waals surface area contributed by atoms with Crippen LogP contribution in [0.3, 0.4) is 0 Å². The molecule has 1 amide bonds. The summed E-state index contributed by atoms with van der Waals surface area (Å²) in [5, 5.41) is 13.2. The van der Waals surface area contributed by atoms with E-state index in [0.29, 0.717) is 13.0 Å². The lowest BCUT2D eigenvalue weighted by molar-refractivity contribution is -0.122. The average molecular weight is 227 g/mol. The lowest BCUT2D eigenvalue weighted by atomic mass is 9.94. The quantitative estimate of drug-likeness (QED) is 0.708. The zero-order chi connectivity index (χ0) is 11.9. The SMILES string of the molecule is CCCCC(=O)NCC1(O)CCCCCC1. The van der Waals surface area contributed by atoms with Gasteiger partial charge in [-0.3, -0.25) is 4.79 Å². The van der Waals surface area contributed by atoms with Gasteiger partial charge in [0.15, 0.2) is 0 Å². The highest BCUT2D eigenvalue weighted by atomic mass is 16.3. The van der Waals surface area contributed by atoms with Gasteiger partial charge in [-0.15, -0.1) is 0 Å². The van der Waals surface area contributed by atoms with Crippen LogP contribution in [0.2, 0.25) is 0 Å². The molecule has 0 aromatic heterocycles. The smallest absolute Gasteiger partial charge is 0.220 e. The zero-order valence-electron chi connectivity index (χ0n) is 10.4. The largest absolute Gasteiger partial charge is 0.388 e. The van der Waals surface area contributed by atoms with E-state index < -0.39 is 5.60 Å². The van der Waals surface area contributed by atoms with E-state index in [0.717, 1.165) is 38.5 Å². The molecule has 1 saturated carbocycles. The Kier molecular flexibility index (Phi) is 5.81. The Morgan fingerprint density at radius 1 is 1.25 bits per heavy atom. The van der Waals surface area contributed by atoms with Crippen molar-refractivity contribution in [3.05, 3.63) is 0 Å². The van der Waals surface area contributed by atoms with Crippen molar-refractivity contribution in [3.63, 3.8) is 0 Å². The first kappa shape index (κ1) is 13.5. The molecule has 0 aromatic rings. The van der Waals surface area contributed by atoms with Crippen LogP contribution < -0.4 is 5.32 Å². The summed E-state index contributed by atoms with van der Waals surface area (Å²) >= 11 is 0. The molecule has 16 heavy (non-hydrogen) atoms. The molecule has 1 fully saturated rings. The van der Waals surface area contributed by atoms with E-state index in [-0.39, 0.29) is 5.91 Å². The Labute approximate surface area is 98.6 Å². The molecule has 0 aliphatic heterocycles. The highest BCUT2D eigenvalue weighted by molar-refractivity contribution is 5.75. The maximum Gasteiger partial charge on any atom is 0.220 e. The molecule has 1 aliphatic rings. The van der Waals surface area contributed by atoms with Crippen molar-refractivity contribution in [2.75, 3.05) is 6.54 Å². The molecule has 1 rings (SSSR count). The van der Waals surface area contributed by atoms with Crippen LogP contribution in [0.4, 0.5) is 0 Å². The van der Waals surface area contributed by atoms with Gasteiger partial charge in [0.25, 0.3) is 0 Å². The van der Waals surface area contributed by atoms with Crippen LogP contribution in [0.1, 0.15) is 64.7 Å². The number of unbranched alkanes of at least 4 members (excludes halogenated alkanes) is 1. The normalized spacial score (nSPS) is 20.1. The standard InChI is InChI=1S/C13H25NO2/c1-2-3-8-12(15)14-11-13(16)9-6-4-5-7-10-13/h16H,2-11H2,1H3,(H,14,15). The highest BCUT2D eigenvalue weighted by Gasteiger charge is 2.28. The maximum absolute atomic E-state index is 11.5. The fourth-order valence-corrected chi connectivity index (χ4v) is 2.25. The highest BCUT2D eigenvalue weighted by Crippen LogP contribution is 2.26. The van der Waals surface area contributed by atoms with Crippen LogP contribution in [0.25, 0.3) is 0 Å². The predicted molar refractivity (Wildman–Crippen MR) is 65.2 cm³/mol. The Morgan fingerprint density at radius 3 is 2.44 bits per heavy atom. The molecule has 1 aliphatic carbocycles. The number of carbonyl (C=O) groups excluding carboxylic acids is 1. The molecule has 2 N–H and O–H groups in total. The van der Waals surface area contributed by atoms with Crippen LogP contribution >= 0.6 is 0 Å². The summed E-state index contributed by atoms with van der Waals surface area (Å²) in [7, 11) is 0. The first-order chi connectivity index (χ1) is 7.66. The Morgan fingerprint density at radius 2 is 1.88 bits per heavy atom. The average Bonchev–Trinajstić information content (AvgIpc) is 2.49. The van der Waals surface area contributed by atoms with Gasteiger partial charge in [-0.1, -0.05) is 39.0 Å². The van der Waals surface area contributed by atoms with E-state index in [1.54, 1.807) is 0 Å². The summed E-state index contributed by atoms with van der Waals surface area (Å²) in [6.07, 6.45) is 8.83. The second-order valence-corrected chi connectivity index (χ2v) is 5.02. The third kappa shape index (κ3) is 4.97. The maximum atomic E-state index is 11.5. The Balaban J connectivity index is 2.25.